The molecule has 0 aliphatic rings. The molecule has 1 heterocycles. The summed E-state index contributed by atoms with van der Waals surface area (Å²) in [5, 5.41) is 3.82. The maximum Gasteiger partial charge on any atom is 0.148 e. The number of aromatic nitrogens is 2. The Kier molecular flexibility index (Phi) is 4.89. The average Bonchev–Trinajstić information content (AvgIpc) is 2.35. The SMILES string of the molecule is Cc1ccc(Sc2c(Cl)nc(C)nc2NC(C)C)cc1. The van der Waals surface area contributed by atoms with Crippen LogP contribution in [0.4, 0.5) is 5.82 Å². The molecule has 1 aromatic heterocycles. The third kappa shape index (κ3) is 3.87. The van der Waals surface area contributed by atoms with E-state index in [-0.39, 0.29) is 6.04 Å². The van der Waals surface area contributed by atoms with Gasteiger partial charge < -0.3 is 5.32 Å². The van der Waals surface area contributed by atoms with Gasteiger partial charge in [-0.1, -0.05) is 41.1 Å². The topological polar surface area (TPSA) is 37.8 Å². The smallest absolute Gasteiger partial charge is 0.148 e. The van der Waals surface area contributed by atoms with Crippen molar-refractivity contribution in [2.75, 3.05) is 5.32 Å². The molecule has 2 aromatic rings. The van der Waals surface area contributed by atoms with Crippen LogP contribution < -0.4 is 5.32 Å². The number of hydrogen-bond donors (Lipinski definition) is 1. The molecule has 1 aromatic carbocycles. The summed E-state index contributed by atoms with van der Waals surface area (Å²) >= 11 is 7.87. The molecule has 0 amide bonds. The van der Waals surface area contributed by atoms with Gasteiger partial charge in [0.05, 0.1) is 4.90 Å². The molecule has 2 rings (SSSR count). The van der Waals surface area contributed by atoms with E-state index in [0.717, 1.165) is 15.6 Å². The van der Waals surface area contributed by atoms with Gasteiger partial charge in [0, 0.05) is 10.9 Å². The van der Waals surface area contributed by atoms with Crippen LogP contribution in [-0.2, 0) is 0 Å². The number of hydrogen-bond acceptors (Lipinski definition) is 4. The summed E-state index contributed by atoms with van der Waals surface area (Å²) in [6, 6.07) is 8.62. The van der Waals surface area contributed by atoms with Gasteiger partial charge in [0.2, 0.25) is 0 Å². The first-order chi connectivity index (χ1) is 9.45. The second-order valence-corrected chi connectivity index (χ2v) is 6.40. The standard InChI is InChI=1S/C15H18ClN3S/c1-9(2)17-15-13(14(16)18-11(4)19-15)20-12-7-5-10(3)6-8-12/h5-9H,1-4H3,(H,17,18,19). The summed E-state index contributed by atoms with van der Waals surface area (Å²) < 4.78 is 0. The van der Waals surface area contributed by atoms with Crippen LogP contribution in [0.1, 0.15) is 25.2 Å². The fraction of sp³-hybridized carbons (Fsp3) is 0.333. The maximum absolute atomic E-state index is 6.29. The fourth-order valence-electron chi connectivity index (χ4n) is 1.71. The van der Waals surface area contributed by atoms with Crippen LogP contribution in [0.3, 0.4) is 0 Å². The quantitative estimate of drug-likeness (QED) is 0.830. The van der Waals surface area contributed by atoms with E-state index in [1.165, 1.54) is 5.56 Å². The van der Waals surface area contributed by atoms with Crippen LogP contribution >= 0.6 is 23.4 Å². The minimum Gasteiger partial charge on any atom is -0.367 e. The molecule has 0 radical (unpaired) electrons. The Morgan fingerprint density at radius 1 is 1.10 bits per heavy atom. The molecule has 0 spiro atoms. The minimum absolute atomic E-state index is 0.290. The van der Waals surface area contributed by atoms with Crippen molar-refractivity contribution in [1.29, 1.82) is 0 Å². The molecule has 106 valence electrons. The molecule has 5 heteroatoms. The maximum atomic E-state index is 6.29. The average molecular weight is 308 g/mol. The lowest BCUT2D eigenvalue weighted by atomic mass is 10.2. The Labute approximate surface area is 129 Å². The zero-order chi connectivity index (χ0) is 14.7. The summed E-state index contributed by atoms with van der Waals surface area (Å²) in [6.07, 6.45) is 0. The second-order valence-electron chi connectivity index (χ2n) is 4.95. The third-order valence-corrected chi connectivity index (χ3v) is 4.09. The lowest BCUT2D eigenvalue weighted by Crippen LogP contribution is -2.13. The summed E-state index contributed by atoms with van der Waals surface area (Å²) in [6.45, 7) is 8.07. The van der Waals surface area contributed by atoms with Crippen LogP contribution in [0.5, 0.6) is 0 Å². The van der Waals surface area contributed by atoms with E-state index < -0.39 is 0 Å². The molecule has 0 atom stereocenters. The Morgan fingerprint density at radius 2 is 1.75 bits per heavy atom. The molecule has 1 N–H and O–H groups in total. The van der Waals surface area contributed by atoms with E-state index in [1.807, 2.05) is 6.92 Å². The Balaban J connectivity index is 2.36. The lowest BCUT2D eigenvalue weighted by Gasteiger charge is -2.15. The van der Waals surface area contributed by atoms with E-state index in [4.69, 9.17) is 11.6 Å². The van der Waals surface area contributed by atoms with Crippen LogP contribution in [0.25, 0.3) is 0 Å². The first-order valence-electron chi connectivity index (χ1n) is 6.51. The van der Waals surface area contributed by atoms with E-state index >= 15 is 0 Å². The van der Waals surface area contributed by atoms with Gasteiger partial charge in [-0.3, -0.25) is 0 Å². The van der Waals surface area contributed by atoms with Gasteiger partial charge in [-0.15, -0.1) is 0 Å². The number of rotatable bonds is 4. The van der Waals surface area contributed by atoms with Crippen molar-refractivity contribution in [3.8, 4) is 0 Å². The molecule has 0 fully saturated rings. The second kappa shape index (κ2) is 6.46. The summed E-state index contributed by atoms with van der Waals surface area (Å²) in [4.78, 5) is 10.7. The number of anilines is 1. The highest BCUT2D eigenvalue weighted by Gasteiger charge is 2.14. The normalized spacial score (nSPS) is 10.9. The van der Waals surface area contributed by atoms with Gasteiger partial charge in [-0.2, -0.15) is 0 Å². The van der Waals surface area contributed by atoms with Crippen LogP contribution in [0.2, 0.25) is 5.15 Å². The summed E-state index contributed by atoms with van der Waals surface area (Å²) in [7, 11) is 0. The van der Waals surface area contributed by atoms with E-state index in [0.29, 0.717) is 11.0 Å². The minimum atomic E-state index is 0.290. The molecule has 0 bridgehead atoms. The molecule has 0 saturated heterocycles. The number of halogens is 1. The van der Waals surface area contributed by atoms with Crippen LogP contribution in [0, 0.1) is 13.8 Å². The van der Waals surface area contributed by atoms with E-state index in [2.05, 4.69) is 60.3 Å². The van der Waals surface area contributed by atoms with Gasteiger partial charge in [0.15, 0.2) is 0 Å². The van der Waals surface area contributed by atoms with Crippen LogP contribution in [-0.4, -0.2) is 16.0 Å². The van der Waals surface area contributed by atoms with E-state index in [1.54, 1.807) is 11.8 Å². The predicted molar refractivity (Wildman–Crippen MR) is 85.8 cm³/mol. The molecular formula is C15H18ClN3S. The highest BCUT2D eigenvalue weighted by atomic mass is 35.5. The van der Waals surface area contributed by atoms with Crippen molar-refractivity contribution in [3.05, 3.63) is 40.8 Å². The number of benzene rings is 1. The zero-order valence-corrected chi connectivity index (χ0v) is 13.6. The number of nitrogens with zero attached hydrogens (tertiary/aromatic N) is 2. The highest BCUT2D eigenvalue weighted by Crippen LogP contribution is 2.37. The number of nitrogens with one attached hydrogen (secondary N) is 1. The Morgan fingerprint density at radius 3 is 2.35 bits per heavy atom. The first-order valence-corrected chi connectivity index (χ1v) is 7.70. The Hall–Kier alpha value is -1.26. The van der Waals surface area contributed by atoms with Crippen molar-refractivity contribution in [3.63, 3.8) is 0 Å². The van der Waals surface area contributed by atoms with E-state index in [9.17, 15) is 0 Å². The molecule has 0 aliphatic heterocycles. The van der Waals surface area contributed by atoms with Gasteiger partial charge in [0.25, 0.3) is 0 Å². The van der Waals surface area contributed by atoms with Gasteiger partial charge in [-0.25, -0.2) is 9.97 Å². The summed E-state index contributed by atoms with van der Waals surface area (Å²) in [5.74, 6) is 1.47. The largest absolute Gasteiger partial charge is 0.367 e. The van der Waals surface area contributed by atoms with Crippen molar-refractivity contribution in [1.82, 2.24) is 9.97 Å². The lowest BCUT2D eigenvalue weighted by molar-refractivity contribution is 0.868. The molecule has 0 aliphatic carbocycles. The number of aryl methyl sites for hydroxylation is 2. The molecule has 0 saturated carbocycles. The third-order valence-electron chi connectivity index (χ3n) is 2.60. The molecule has 3 nitrogen and oxygen atoms in total. The first kappa shape index (κ1) is 15.1. The Bertz CT molecular complexity index is 597. The zero-order valence-electron chi connectivity index (χ0n) is 12.1. The van der Waals surface area contributed by atoms with Gasteiger partial charge in [0.1, 0.15) is 16.8 Å². The van der Waals surface area contributed by atoms with Crippen molar-refractivity contribution in [2.45, 2.75) is 43.5 Å². The van der Waals surface area contributed by atoms with Crippen molar-refractivity contribution >= 4 is 29.2 Å². The van der Waals surface area contributed by atoms with Crippen molar-refractivity contribution < 1.29 is 0 Å². The van der Waals surface area contributed by atoms with Gasteiger partial charge >= 0.3 is 0 Å². The summed E-state index contributed by atoms with van der Waals surface area (Å²) in [5.41, 5.74) is 1.24. The fourth-order valence-corrected chi connectivity index (χ4v) is 2.88. The molecule has 0 unspecified atom stereocenters. The van der Waals surface area contributed by atoms with Crippen LogP contribution in [0.15, 0.2) is 34.1 Å². The molecular weight excluding hydrogens is 290 g/mol. The predicted octanol–water partition coefficient (Wildman–Crippen LogP) is 4.72. The monoisotopic (exact) mass is 307 g/mol. The van der Waals surface area contributed by atoms with Gasteiger partial charge in [-0.05, 0) is 39.8 Å². The molecule has 20 heavy (non-hydrogen) atoms. The van der Waals surface area contributed by atoms with Crippen molar-refractivity contribution in [2.24, 2.45) is 0 Å². The highest BCUT2D eigenvalue weighted by molar-refractivity contribution is 7.99.